The highest BCUT2D eigenvalue weighted by atomic mass is 16.6. The highest BCUT2D eigenvalue weighted by molar-refractivity contribution is 5.20. The molecule has 0 saturated heterocycles. The predicted molar refractivity (Wildman–Crippen MR) is 70.4 cm³/mol. The summed E-state index contributed by atoms with van der Waals surface area (Å²) < 4.78 is 1.36. The highest BCUT2D eigenvalue weighted by Crippen LogP contribution is 2.07. The number of unbranched alkanes of at least 4 members (excludes halogenated alkanes) is 2. The first-order valence-electron chi connectivity index (χ1n) is 6.12. The zero-order valence-corrected chi connectivity index (χ0v) is 10.7. The van der Waals surface area contributed by atoms with Gasteiger partial charge in [-0.3, -0.25) is 14.8 Å². The summed E-state index contributed by atoms with van der Waals surface area (Å²) in [5.74, 6) is 2.57. The molecule has 0 aliphatic carbocycles. The summed E-state index contributed by atoms with van der Waals surface area (Å²) in [6.07, 6.45) is 9.66. The number of nitro groups is 1. The van der Waals surface area contributed by atoms with Crippen LogP contribution >= 0.6 is 0 Å². The highest BCUT2D eigenvalue weighted by Gasteiger charge is 2.11. The molecule has 1 aromatic rings. The van der Waals surface area contributed by atoms with E-state index in [4.69, 9.17) is 6.42 Å². The van der Waals surface area contributed by atoms with Gasteiger partial charge in [0.2, 0.25) is 0 Å². The van der Waals surface area contributed by atoms with Gasteiger partial charge in [0.25, 0.3) is 0 Å². The van der Waals surface area contributed by atoms with Crippen LogP contribution in [0.3, 0.4) is 0 Å². The van der Waals surface area contributed by atoms with Crippen LogP contribution in [0.4, 0.5) is 5.69 Å². The first-order valence-corrected chi connectivity index (χ1v) is 6.12. The molecule has 0 fully saturated rings. The van der Waals surface area contributed by atoms with E-state index in [2.05, 4.69) is 16.3 Å². The van der Waals surface area contributed by atoms with Gasteiger partial charge in [-0.25, -0.2) is 0 Å². The van der Waals surface area contributed by atoms with Crippen LogP contribution in [0.5, 0.6) is 0 Å². The number of nitrogens with one attached hydrogen (secondary N) is 1. The van der Waals surface area contributed by atoms with E-state index >= 15 is 0 Å². The van der Waals surface area contributed by atoms with Crippen LogP contribution in [-0.2, 0) is 6.54 Å². The zero-order chi connectivity index (χ0) is 14.1. The van der Waals surface area contributed by atoms with E-state index in [0.717, 1.165) is 25.8 Å². The smallest absolute Gasteiger partial charge is 0.306 e. The Morgan fingerprint density at radius 2 is 2.42 bits per heavy atom. The van der Waals surface area contributed by atoms with Crippen molar-refractivity contribution in [1.82, 2.24) is 15.1 Å². The van der Waals surface area contributed by atoms with Crippen molar-refractivity contribution in [2.45, 2.75) is 31.9 Å². The van der Waals surface area contributed by atoms with Crippen LogP contribution < -0.4 is 5.32 Å². The minimum atomic E-state index is -0.632. The maximum absolute atomic E-state index is 10.5. The second-order valence-electron chi connectivity index (χ2n) is 4.20. The monoisotopic (exact) mass is 266 g/mol. The van der Waals surface area contributed by atoms with E-state index in [0.29, 0.717) is 6.54 Å². The van der Waals surface area contributed by atoms with Crippen molar-refractivity contribution in [3.05, 3.63) is 22.5 Å². The first-order chi connectivity index (χ1) is 9.13. The van der Waals surface area contributed by atoms with Gasteiger partial charge in [0, 0.05) is 13.0 Å². The molecule has 1 aromatic heterocycles. The maximum atomic E-state index is 10.5. The van der Waals surface area contributed by atoms with Crippen molar-refractivity contribution in [2.24, 2.45) is 0 Å². The molecule has 2 N–H and O–H groups in total. The minimum absolute atomic E-state index is 0.0746. The van der Waals surface area contributed by atoms with E-state index in [9.17, 15) is 15.2 Å². The lowest BCUT2D eigenvalue weighted by molar-refractivity contribution is -0.385. The van der Waals surface area contributed by atoms with Gasteiger partial charge in [-0.05, 0) is 19.4 Å². The number of terminal acetylenes is 1. The molecule has 1 rings (SSSR count). The topological polar surface area (TPSA) is 93.2 Å². The fourth-order valence-electron chi connectivity index (χ4n) is 1.57. The van der Waals surface area contributed by atoms with E-state index in [1.807, 2.05) is 0 Å². The lowest BCUT2D eigenvalue weighted by Gasteiger charge is -2.11. The Morgan fingerprint density at radius 1 is 1.63 bits per heavy atom. The Bertz CT molecular complexity index is 438. The molecule has 0 aliphatic rings. The van der Waals surface area contributed by atoms with Crippen molar-refractivity contribution >= 4 is 5.69 Å². The van der Waals surface area contributed by atoms with Crippen molar-refractivity contribution in [3.63, 3.8) is 0 Å². The number of rotatable bonds is 9. The van der Waals surface area contributed by atoms with Crippen LogP contribution in [0.25, 0.3) is 0 Å². The van der Waals surface area contributed by atoms with Crippen LogP contribution in [0, 0.1) is 22.5 Å². The molecule has 19 heavy (non-hydrogen) atoms. The normalized spacial score (nSPS) is 12.0. The van der Waals surface area contributed by atoms with Gasteiger partial charge in [-0.1, -0.05) is 0 Å². The number of hydrogen-bond donors (Lipinski definition) is 2. The second-order valence-corrected chi connectivity index (χ2v) is 4.20. The Morgan fingerprint density at radius 3 is 3.05 bits per heavy atom. The van der Waals surface area contributed by atoms with Crippen molar-refractivity contribution in [1.29, 1.82) is 0 Å². The molecular weight excluding hydrogens is 248 g/mol. The molecule has 0 aromatic carbocycles. The number of hydrogen-bond acceptors (Lipinski definition) is 5. The standard InChI is InChI=1S/C12H18N4O3/c1-2-3-4-5-6-13-8-12(17)10-15-9-11(7-14-15)16(18)19/h1,7,9,12-13,17H,3-6,8,10H2. The van der Waals surface area contributed by atoms with Crippen LogP contribution in [0.15, 0.2) is 12.4 Å². The number of aromatic nitrogens is 2. The van der Waals surface area contributed by atoms with E-state index in [1.54, 1.807) is 0 Å². The van der Waals surface area contributed by atoms with Gasteiger partial charge in [0.1, 0.15) is 12.4 Å². The molecule has 7 nitrogen and oxygen atoms in total. The zero-order valence-electron chi connectivity index (χ0n) is 10.7. The minimum Gasteiger partial charge on any atom is -0.390 e. The third-order valence-electron chi connectivity index (χ3n) is 2.53. The van der Waals surface area contributed by atoms with Crippen LogP contribution in [-0.4, -0.2) is 39.0 Å². The van der Waals surface area contributed by atoms with Gasteiger partial charge >= 0.3 is 5.69 Å². The van der Waals surface area contributed by atoms with Gasteiger partial charge in [0.15, 0.2) is 0 Å². The number of nitrogens with zero attached hydrogens (tertiary/aromatic N) is 3. The fourth-order valence-corrected chi connectivity index (χ4v) is 1.57. The van der Waals surface area contributed by atoms with Crippen LogP contribution in [0.1, 0.15) is 19.3 Å². The molecular formula is C12H18N4O3. The van der Waals surface area contributed by atoms with Gasteiger partial charge in [0.05, 0.1) is 17.6 Å². The van der Waals surface area contributed by atoms with E-state index in [-0.39, 0.29) is 12.2 Å². The van der Waals surface area contributed by atoms with Crippen molar-refractivity contribution < 1.29 is 10.0 Å². The average Bonchev–Trinajstić information content (AvgIpc) is 2.82. The first kappa shape index (κ1) is 15.1. The molecule has 0 spiro atoms. The summed E-state index contributed by atoms with van der Waals surface area (Å²) in [5, 5.41) is 27.1. The molecule has 0 amide bonds. The molecule has 0 saturated carbocycles. The Labute approximate surface area is 111 Å². The van der Waals surface area contributed by atoms with Gasteiger partial charge in [-0.2, -0.15) is 5.10 Å². The summed E-state index contributed by atoms with van der Waals surface area (Å²) in [6, 6.07) is 0. The summed E-state index contributed by atoms with van der Waals surface area (Å²) >= 11 is 0. The summed E-state index contributed by atoms with van der Waals surface area (Å²) in [7, 11) is 0. The third-order valence-corrected chi connectivity index (χ3v) is 2.53. The average molecular weight is 266 g/mol. The SMILES string of the molecule is C#CCCCCNCC(O)Cn1cc([N+](=O)[O-])cn1. The maximum Gasteiger partial charge on any atom is 0.306 e. The molecule has 1 heterocycles. The molecule has 1 atom stereocenters. The molecule has 0 radical (unpaired) electrons. The number of aliphatic hydroxyl groups is 1. The summed E-state index contributed by atoms with van der Waals surface area (Å²) in [6.45, 7) is 1.44. The Hall–Kier alpha value is -1.91. The largest absolute Gasteiger partial charge is 0.390 e. The van der Waals surface area contributed by atoms with Crippen molar-refractivity contribution in [3.8, 4) is 12.3 Å². The Balaban J connectivity index is 2.18. The molecule has 7 heteroatoms. The second kappa shape index (κ2) is 8.24. The third kappa shape index (κ3) is 5.99. The number of aliphatic hydroxyl groups excluding tert-OH is 1. The summed E-state index contributed by atoms with van der Waals surface area (Å²) in [5.41, 5.74) is -0.0746. The van der Waals surface area contributed by atoms with Crippen LogP contribution in [0.2, 0.25) is 0 Å². The van der Waals surface area contributed by atoms with Crippen molar-refractivity contribution in [2.75, 3.05) is 13.1 Å². The molecule has 0 aliphatic heterocycles. The van der Waals surface area contributed by atoms with Gasteiger partial charge < -0.3 is 10.4 Å². The quantitative estimate of drug-likeness (QED) is 0.294. The predicted octanol–water partition coefficient (Wildman–Crippen LogP) is 0.545. The van der Waals surface area contributed by atoms with E-state index < -0.39 is 11.0 Å². The molecule has 104 valence electrons. The Kier molecular flexibility index (Phi) is 6.57. The lowest BCUT2D eigenvalue weighted by Crippen LogP contribution is -2.31. The molecule has 0 bridgehead atoms. The fraction of sp³-hybridized carbons (Fsp3) is 0.583. The lowest BCUT2D eigenvalue weighted by atomic mass is 10.2. The summed E-state index contributed by atoms with van der Waals surface area (Å²) in [4.78, 5) is 9.95. The van der Waals surface area contributed by atoms with E-state index in [1.165, 1.54) is 17.1 Å². The van der Waals surface area contributed by atoms with Gasteiger partial charge in [-0.15, -0.1) is 12.3 Å². The molecule has 1 unspecified atom stereocenters.